The molecule has 2 aromatic rings. The minimum Gasteiger partial charge on any atom is -0.369 e. The summed E-state index contributed by atoms with van der Waals surface area (Å²) in [5.74, 6) is 0.190. The number of benzene rings is 1. The van der Waals surface area contributed by atoms with Crippen molar-refractivity contribution in [3.05, 3.63) is 53.9 Å². The number of ether oxygens (including phenoxy) is 1. The highest BCUT2D eigenvalue weighted by atomic mass is 16.5. The minimum absolute atomic E-state index is 0.0343. The number of hydrogen-bond acceptors (Lipinski definition) is 4. The predicted octanol–water partition coefficient (Wildman–Crippen LogP) is 2.16. The normalized spacial score (nSPS) is 20.2. The topological polar surface area (TPSA) is 85.5 Å². The van der Waals surface area contributed by atoms with Gasteiger partial charge < -0.3 is 15.4 Å². The van der Waals surface area contributed by atoms with Gasteiger partial charge in [-0.3, -0.25) is 14.6 Å². The molecule has 1 aromatic carbocycles. The Labute approximate surface area is 152 Å². The molecule has 0 radical (unpaired) electrons. The van der Waals surface area contributed by atoms with Gasteiger partial charge in [0.1, 0.15) is 6.61 Å². The van der Waals surface area contributed by atoms with E-state index in [0.717, 1.165) is 23.2 Å². The Morgan fingerprint density at radius 2 is 2.00 bits per heavy atom. The maximum atomic E-state index is 12.4. The van der Waals surface area contributed by atoms with Crippen LogP contribution in [0.5, 0.6) is 0 Å². The number of pyridine rings is 1. The number of carbonyl (C=O) groups excluding carboxylic acids is 2. The monoisotopic (exact) mass is 351 g/mol. The van der Waals surface area contributed by atoms with E-state index in [4.69, 9.17) is 10.5 Å². The summed E-state index contributed by atoms with van der Waals surface area (Å²) < 4.78 is 5.54. The zero-order valence-electron chi connectivity index (χ0n) is 14.4. The standard InChI is InChI=1S/C20H21N3O3/c21-20(25)15-5-3-14(4-6-15)16-7-8-22-9-17(16)18-11-26-12-19(24)23(18)10-13-1-2-13/h3-9,13,18H,1-2,10-12H2,(H2,21,25). The van der Waals surface area contributed by atoms with Crippen LogP contribution in [0, 0.1) is 5.92 Å². The summed E-state index contributed by atoms with van der Waals surface area (Å²) in [5.41, 5.74) is 8.70. The van der Waals surface area contributed by atoms with Crippen LogP contribution in [0.3, 0.4) is 0 Å². The quantitative estimate of drug-likeness (QED) is 0.894. The van der Waals surface area contributed by atoms with Crippen molar-refractivity contribution in [2.45, 2.75) is 18.9 Å². The van der Waals surface area contributed by atoms with E-state index in [1.54, 1.807) is 18.3 Å². The van der Waals surface area contributed by atoms with Crippen molar-refractivity contribution < 1.29 is 14.3 Å². The number of morpholine rings is 1. The maximum absolute atomic E-state index is 12.4. The molecule has 26 heavy (non-hydrogen) atoms. The van der Waals surface area contributed by atoms with Crippen LogP contribution in [0.2, 0.25) is 0 Å². The highest BCUT2D eigenvalue weighted by Crippen LogP contribution is 2.37. The number of rotatable bonds is 5. The summed E-state index contributed by atoms with van der Waals surface area (Å²) in [4.78, 5) is 30.0. The third kappa shape index (κ3) is 3.32. The average Bonchev–Trinajstić information content (AvgIpc) is 3.48. The lowest BCUT2D eigenvalue weighted by atomic mass is 9.94. The summed E-state index contributed by atoms with van der Waals surface area (Å²) in [6.45, 7) is 1.39. The van der Waals surface area contributed by atoms with E-state index < -0.39 is 5.91 Å². The van der Waals surface area contributed by atoms with Crippen molar-refractivity contribution >= 4 is 11.8 Å². The highest BCUT2D eigenvalue weighted by Gasteiger charge is 2.35. The summed E-state index contributed by atoms with van der Waals surface area (Å²) in [6.07, 6.45) is 5.92. The fourth-order valence-electron chi connectivity index (χ4n) is 3.42. The third-order valence-electron chi connectivity index (χ3n) is 5.04. The largest absolute Gasteiger partial charge is 0.369 e. The van der Waals surface area contributed by atoms with E-state index in [1.165, 1.54) is 12.8 Å². The maximum Gasteiger partial charge on any atom is 0.249 e. The van der Waals surface area contributed by atoms with Crippen molar-refractivity contribution in [1.82, 2.24) is 9.88 Å². The van der Waals surface area contributed by atoms with Gasteiger partial charge in [-0.1, -0.05) is 12.1 Å². The van der Waals surface area contributed by atoms with E-state index in [-0.39, 0.29) is 18.6 Å². The molecule has 1 unspecified atom stereocenters. The van der Waals surface area contributed by atoms with E-state index in [9.17, 15) is 9.59 Å². The van der Waals surface area contributed by atoms with Gasteiger partial charge in [-0.15, -0.1) is 0 Å². The van der Waals surface area contributed by atoms with Crippen LogP contribution >= 0.6 is 0 Å². The molecule has 2 heterocycles. The summed E-state index contributed by atoms with van der Waals surface area (Å²) in [7, 11) is 0. The second kappa shape index (κ2) is 6.88. The summed E-state index contributed by atoms with van der Waals surface area (Å²) in [6, 6.07) is 8.96. The van der Waals surface area contributed by atoms with Crippen molar-refractivity contribution in [3.8, 4) is 11.1 Å². The molecule has 6 heteroatoms. The molecule has 2 N–H and O–H groups in total. The Hall–Kier alpha value is -2.73. The lowest BCUT2D eigenvalue weighted by Crippen LogP contribution is -2.45. The highest BCUT2D eigenvalue weighted by molar-refractivity contribution is 5.93. The van der Waals surface area contributed by atoms with E-state index >= 15 is 0 Å². The molecule has 1 saturated carbocycles. The lowest BCUT2D eigenvalue weighted by Gasteiger charge is -2.36. The molecule has 0 bridgehead atoms. The Morgan fingerprint density at radius 1 is 1.23 bits per heavy atom. The number of primary amides is 1. The van der Waals surface area contributed by atoms with E-state index in [1.807, 2.05) is 29.3 Å². The average molecular weight is 351 g/mol. The summed E-state index contributed by atoms with van der Waals surface area (Å²) in [5, 5.41) is 0. The molecule has 134 valence electrons. The number of aromatic nitrogens is 1. The Bertz CT molecular complexity index is 830. The van der Waals surface area contributed by atoms with Crippen LogP contribution in [0.15, 0.2) is 42.7 Å². The lowest BCUT2D eigenvalue weighted by molar-refractivity contribution is -0.148. The van der Waals surface area contributed by atoms with Gasteiger partial charge in [0.25, 0.3) is 0 Å². The SMILES string of the molecule is NC(=O)c1ccc(-c2ccncc2C2COCC(=O)N2CC2CC2)cc1. The molecule has 1 aliphatic carbocycles. The van der Waals surface area contributed by atoms with Crippen LogP contribution in [-0.4, -0.2) is 41.5 Å². The van der Waals surface area contributed by atoms with Gasteiger partial charge >= 0.3 is 0 Å². The second-order valence-corrected chi connectivity index (χ2v) is 6.92. The minimum atomic E-state index is -0.451. The number of carbonyl (C=O) groups is 2. The van der Waals surface area contributed by atoms with Crippen molar-refractivity contribution in [3.63, 3.8) is 0 Å². The molecular weight excluding hydrogens is 330 g/mol. The van der Waals surface area contributed by atoms with E-state index in [2.05, 4.69) is 4.98 Å². The van der Waals surface area contributed by atoms with Gasteiger partial charge in [-0.05, 0) is 48.1 Å². The third-order valence-corrected chi connectivity index (χ3v) is 5.04. The van der Waals surface area contributed by atoms with Crippen LogP contribution in [0.4, 0.5) is 0 Å². The first-order valence-electron chi connectivity index (χ1n) is 8.85. The Balaban J connectivity index is 1.69. The van der Waals surface area contributed by atoms with Gasteiger partial charge in [-0.2, -0.15) is 0 Å². The number of hydrogen-bond donors (Lipinski definition) is 1. The predicted molar refractivity (Wildman–Crippen MR) is 96.2 cm³/mol. The van der Waals surface area contributed by atoms with Crippen LogP contribution < -0.4 is 5.73 Å². The van der Waals surface area contributed by atoms with Crippen LogP contribution in [0.1, 0.15) is 34.8 Å². The number of nitrogens with zero attached hydrogens (tertiary/aromatic N) is 2. The molecule has 2 amide bonds. The first-order valence-corrected chi connectivity index (χ1v) is 8.85. The van der Waals surface area contributed by atoms with Crippen LogP contribution in [0.25, 0.3) is 11.1 Å². The van der Waals surface area contributed by atoms with Gasteiger partial charge in [0.05, 0.1) is 12.6 Å². The molecule has 4 rings (SSSR count). The van der Waals surface area contributed by atoms with Gasteiger partial charge in [0.2, 0.25) is 11.8 Å². The molecule has 1 aliphatic heterocycles. The van der Waals surface area contributed by atoms with E-state index in [0.29, 0.717) is 18.1 Å². The van der Waals surface area contributed by atoms with Crippen molar-refractivity contribution in [1.29, 1.82) is 0 Å². The molecule has 6 nitrogen and oxygen atoms in total. The van der Waals surface area contributed by atoms with Gasteiger partial charge in [-0.25, -0.2) is 0 Å². The van der Waals surface area contributed by atoms with Gasteiger partial charge in [0.15, 0.2) is 0 Å². The van der Waals surface area contributed by atoms with Crippen molar-refractivity contribution in [2.24, 2.45) is 11.7 Å². The molecule has 2 aliphatic rings. The summed E-state index contributed by atoms with van der Waals surface area (Å²) >= 11 is 0. The van der Waals surface area contributed by atoms with Crippen LogP contribution in [-0.2, 0) is 9.53 Å². The smallest absolute Gasteiger partial charge is 0.249 e. The molecular formula is C20H21N3O3. The second-order valence-electron chi connectivity index (χ2n) is 6.92. The first kappa shape index (κ1) is 16.7. The van der Waals surface area contributed by atoms with Gasteiger partial charge in [0, 0.05) is 30.1 Å². The zero-order chi connectivity index (χ0) is 18.1. The molecule has 1 aromatic heterocycles. The number of amides is 2. The number of nitrogens with two attached hydrogens (primary N) is 1. The van der Waals surface area contributed by atoms with Crippen molar-refractivity contribution in [2.75, 3.05) is 19.8 Å². The molecule has 2 fully saturated rings. The first-order chi connectivity index (χ1) is 12.6. The molecule has 0 spiro atoms. The zero-order valence-corrected chi connectivity index (χ0v) is 14.4. The fraction of sp³-hybridized carbons (Fsp3) is 0.350. The Morgan fingerprint density at radius 3 is 2.69 bits per heavy atom. The molecule has 1 atom stereocenters. The molecule has 1 saturated heterocycles. The Kier molecular flexibility index (Phi) is 4.42. The fourth-order valence-corrected chi connectivity index (χ4v) is 3.42.